The van der Waals surface area contributed by atoms with E-state index in [1.54, 1.807) is 0 Å². The number of aryl methyl sites for hydroxylation is 1. The molecule has 88 valence electrons. The lowest BCUT2D eigenvalue weighted by Crippen LogP contribution is -2.29. The molecule has 0 amide bonds. The van der Waals surface area contributed by atoms with Crippen LogP contribution in [0.4, 0.5) is 0 Å². The normalized spacial score (nSPS) is 32.9. The molecule has 1 aliphatic rings. The first-order valence-corrected chi connectivity index (χ1v) is 5.98. The van der Waals surface area contributed by atoms with Gasteiger partial charge in [-0.15, -0.1) is 0 Å². The molecule has 2 unspecified atom stereocenters. The average molecular weight is 219 g/mol. The summed E-state index contributed by atoms with van der Waals surface area (Å²) in [5, 5.41) is 10.9. The standard InChI is InChI=1S/C14H21NO/c1-10-5-12(8-15-7-10)14(16)9-13(3,4)6-11(14)2/h5,7-8,11,16H,6,9H2,1-4H3. The van der Waals surface area contributed by atoms with Gasteiger partial charge in [-0.3, -0.25) is 4.98 Å². The maximum atomic E-state index is 10.9. The van der Waals surface area contributed by atoms with Crippen molar-refractivity contribution >= 4 is 0 Å². The largest absolute Gasteiger partial charge is 0.385 e. The van der Waals surface area contributed by atoms with Gasteiger partial charge in [0.15, 0.2) is 0 Å². The molecule has 0 bridgehead atoms. The first-order valence-electron chi connectivity index (χ1n) is 5.98. The summed E-state index contributed by atoms with van der Waals surface area (Å²) in [7, 11) is 0. The van der Waals surface area contributed by atoms with Crippen LogP contribution in [0.5, 0.6) is 0 Å². The molecule has 0 radical (unpaired) electrons. The lowest BCUT2D eigenvalue weighted by Gasteiger charge is -2.29. The summed E-state index contributed by atoms with van der Waals surface area (Å²) in [4.78, 5) is 4.20. The van der Waals surface area contributed by atoms with Crippen LogP contribution in [0.25, 0.3) is 0 Å². The minimum absolute atomic E-state index is 0.220. The van der Waals surface area contributed by atoms with Crippen LogP contribution in [0.3, 0.4) is 0 Å². The van der Waals surface area contributed by atoms with Crippen molar-refractivity contribution in [3.63, 3.8) is 0 Å². The zero-order chi connectivity index (χ0) is 12.0. The van der Waals surface area contributed by atoms with E-state index < -0.39 is 5.60 Å². The Morgan fingerprint density at radius 3 is 2.56 bits per heavy atom. The Morgan fingerprint density at radius 2 is 2.06 bits per heavy atom. The maximum Gasteiger partial charge on any atom is 0.0942 e. The zero-order valence-corrected chi connectivity index (χ0v) is 10.6. The van der Waals surface area contributed by atoms with Crippen LogP contribution in [0.1, 0.15) is 44.7 Å². The molecule has 1 aliphatic carbocycles. The van der Waals surface area contributed by atoms with Gasteiger partial charge < -0.3 is 5.11 Å². The molecular weight excluding hydrogens is 198 g/mol. The van der Waals surface area contributed by atoms with Crippen LogP contribution < -0.4 is 0 Å². The van der Waals surface area contributed by atoms with E-state index in [4.69, 9.17) is 0 Å². The SMILES string of the molecule is Cc1cncc(C2(O)CC(C)(C)CC2C)c1. The summed E-state index contributed by atoms with van der Waals surface area (Å²) >= 11 is 0. The Kier molecular flexibility index (Phi) is 2.58. The molecule has 1 N–H and O–H groups in total. The van der Waals surface area contributed by atoms with Crippen LogP contribution >= 0.6 is 0 Å². The lowest BCUT2D eigenvalue weighted by molar-refractivity contribution is -0.00120. The summed E-state index contributed by atoms with van der Waals surface area (Å²) in [6, 6.07) is 2.06. The van der Waals surface area contributed by atoms with Crippen LogP contribution in [-0.4, -0.2) is 10.1 Å². The van der Waals surface area contributed by atoms with Gasteiger partial charge in [-0.05, 0) is 36.7 Å². The average Bonchev–Trinajstić information content (AvgIpc) is 2.36. The van der Waals surface area contributed by atoms with Crippen LogP contribution in [0, 0.1) is 18.3 Å². The number of hydrogen-bond acceptors (Lipinski definition) is 2. The van der Waals surface area contributed by atoms with E-state index in [9.17, 15) is 5.11 Å². The van der Waals surface area contributed by atoms with Gasteiger partial charge in [0.05, 0.1) is 5.60 Å². The smallest absolute Gasteiger partial charge is 0.0942 e. The second kappa shape index (κ2) is 3.56. The van der Waals surface area contributed by atoms with Gasteiger partial charge >= 0.3 is 0 Å². The maximum absolute atomic E-state index is 10.9. The molecule has 0 saturated heterocycles. The number of aromatic nitrogens is 1. The van der Waals surface area contributed by atoms with Crippen LogP contribution in [0.2, 0.25) is 0 Å². The third kappa shape index (κ3) is 1.86. The fourth-order valence-corrected chi connectivity index (χ4v) is 3.15. The molecule has 1 heterocycles. The Bertz CT molecular complexity index is 399. The van der Waals surface area contributed by atoms with E-state index in [0.29, 0.717) is 5.92 Å². The number of rotatable bonds is 1. The molecule has 0 spiro atoms. The Labute approximate surface area is 97.7 Å². The summed E-state index contributed by atoms with van der Waals surface area (Å²) < 4.78 is 0. The molecule has 16 heavy (non-hydrogen) atoms. The quantitative estimate of drug-likeness (QED) is 0.787. The molecule has 0 aliphatic heterocycles. The van der Waals surface area contributed by atoms with Crippen molar-refractivity contribution < 1.29 is 5.11 Å². The molecular formula is C14H21NO. The van der Waals surface area contributed by atoms with E-state index in [-0.39, 0.29) is 5.41 Å². The van der Waals surface area contributed by atoms with Crippen molar-refractivity contribution in [1.82, 2.24) is 4.98 Å². The van der Waals surface area contributed by atoms with Crippen molar-refractivity contribution in [3.8, 4) is 0 Å². The van der Waals surface area contributed by atoms with E-state index in [1.807, 2.05) is 19.3 Å². The Hall–Kier alpha value is -0.890. The van der Waals surface area contributed by atoms with Gasteiger partial charge in [-0.1, -0.05) is 26.8 Å². The number of aliphatic hydroxyl groups is 1. The van der Waals surface area contributed by atoms with Crippen LogP contribution in [0.15, 0.2) is 18.5 Å². The van der Waals surface area contributed by atoms with E-state index in [1.165, 1.54) is 0 Å². The van der Waals surface area contributed by atoms with Crippen molar-refractivity contribution in [1.29, 1.82) is 0 Å². The zero-order valence-electron chi connectivity index (χ0n) is 10.6. The molecule has 0 aromatic carbocycles. The molecule has 2 rings (SSSR count). The predicted octanol–water partition coefficient (Wildman–Crippen LogP) is 3.03. The highest BCUT2D eigenvalue weighted by atomic mass is 16.3. The molecule has 1 aromatic rings. The van der Waals surface area contributed by atoms with Crippen molar-refractivity contribution in [2.75, 3.05) is 0 Å². The summed E-state index contributed by atoms with van der Waals surface area (Å²) in [5.41, 5.74) is 1.62. The predicted molar refractivity (Wildman–Crippen MR) is 65.0 cm³/mol. The van der Waals surface area contributed by atoms with E-state index >= 15 is 0 Å². The first-order chi connectivity index (χ1) is 7.33. The molecule has 2 heteroatoms. The van der Waals surface area contributed by atoms with Gasteiger partial charge in [0, 0.05) is 18.0 Å². The van der Waals surface area contributed by atoms with E-state index in [2.05, 4.69) is 31.8 Å². The number of pyridine rings is 1. The fraction of sp³-hybridized carbons (Fsp3) is 0.643. The second-order valence-corrected chi connectivity index (χ2v) is 6.12. The third-order valence-electron chi connectivity index (χ3n) is 3.80. The number of hydrogen-bond donors (Lipinski definition) is 1. The summed E-state index contributed by atoms with van der Waals surface area (Å²) in [6.45, 7) is 8.61. The highest BCUT2D eigenvalue weighted by Gasteiger charge is 2.48. The van der Waals surface area contributed by atoms with Gasteiger partial charge in [0.2, 0.25) is 0 Å². The molecule has 2 atom stereocenters. The Morgan fingerprint density at radius 1 is 1.38 bits per heavy atom. The third-order valence-corrected chi connectivity index (χ3v) is 3.80. The highest BCUT2D eigenvalue weighted by molar-refractivity contribution is 5.26. The topological polar surface area (TPSA) is 33.1 Å². The van der Waals surface area contributed by atoms with Crippen molar-refractivity contribution in [2.24, 2.45) is 11.3 Å². The first kappa shape index (κ1) is 11.6. The van der Waals surface area contributed by atoms with Gasteiger partial charge in [0.1, 0.15) is 0 Å². The van der Waals surface area contributed by atoms with E-state index in [0.717, 1.165) is 24.0 Å². The van der Waals surface area contributed by atoms with Crippen molar-refractivity contribution in [2.45, 2.75) is 46.1 Å². The lowest BCUT2D eigenvalue weighted by atomic mass is 9.84. The van der Waals surface area contributed by atoms with Gasteiger partial charge in [-0.25, -0.2) is 0 Å². The Balaban J connectivity index is 2.40. The molecule has 1 aromatic heterocycles. The summed E-state index contributed by atoms with van der Waals surface area (Å²) in [5.74, 6) is 0.297. The molecule has 1 fully saturated rings. The minimum Gasteiger partial charge on any atom is -0.385 e. The molecule has 1 saturated carbocycles. The summed E-state index contributed by atoms with van der Waals surface area (Å²) in [6.07, 6.45) is 5.53. The number of nitrogens with zero attached hydrogens (tertiary/aromatic N) is 1. The van der Waals surface area contributed by atoms with Gasteiger partial charge in [-0.2, -0.15) is 0 Å². The molecule has 2 nitrogen and oxygen atoms in total. The van der Waals surface area contributed by atoms with Gasteiger partial charge in [0.25, 0.3) is 0 Å². The monoisotopic (exact) mass is 219 g/mol. The second-order valence-electron chi connectivity index (χ2n) is 6.12. The van der Waals surface area contributed by atoms with Crippen molar-refractivity contribution in [3.05, 3.63) is 29.6 Å². The fourth-order valence-electron chi connectivity index (χ4n) is 3.15. The minimum atomic E-state index is -0.692. The van der Waals surface area contributed by atoms with Crippen LogP contribution in [-0.2, 0) is 5.60 Å². The highest BCUT2D eigenvalue weighted by Crippen LogP contribution is 2.52.